The Hall–Kier alpha value is -2.89. The maximum Gasteiger partial charge on any atom is 0.253 e. The number of nitrogens with zero attached hydrogens (tertiary/aromatic N) is 4. The van der Waals surface area contributed by atoms with Crippen LogP contribution in [0.4, 0.5) is 11.5 Å². The zero-order valence-electron chi connectivity index (χ0n) is 14.4. The van der Waals surface area contributed by atoms with E-state index >= 15 is 0 Å². The van der Waals surface area contributed by atoms with Gasteiger partial charge in [0, 0.05) is 38.5 Å². The molecular weight excluding hydrogens is 302 g/mol. The number of amides is 1. The second-order valence-electron chi connectivity index (χ2n) is 5.96. The van der Waals surface area contributed by atoms with Crippen molar-refractivity contribution >= 4 is 28.4 Å². The minimum absolute atomic E-state index is 0.0178. The Morgan fingerprint density at radius 2 is 2.04 bits per heavy atom. The molecule has 2 aromatic heterocycles. The number of aromatic nitrogens is 3. The van der Waals surface area contributed by atoms with Crippen molar-refractivity contribution in [3.63, 3.8) is 0 Å². The fourth-order valence-electron chi connectivity index (χ4n) is 2.63. The van der Waals surface area contributed by atoms with Gasteiger partial charge in [-0.15, -0.1) is 0 Å². The summed E-state index contributed by atoms with van der Waals surface area (Å²) in [5, 5.41) is 3.34. The molecular formula is C18H21N5O. The van der Waals surface area contributed by atoms with Crippen molar-refractivity contribution in [2.24, 2.45) is 7.05 Å². The van der Waals surface area contributed by atoms with Crippen molar-refractivity contribution in [3.05, 3.63) is 47.9 Å². The molecule has 1 aromatic carbocycles. The van der Waals surface area contributed by atoms with Crippen LogP contribution in [0, 0.1) is 0 Å². The minimum atomic E-state index is -0.0178. The summed E-state index contributed by atoms with van der Waals surface area (Å²) in [6.07, 6.45) is 4.38. The van der Waals surface area contributed by atoms with E-state index < -0.39 is 0 Å². The summed E-state index contributed by atoms with van der Waals surface area (Å²) in [5.74, 6) is 0.714. The van der Waals surface area contributed by atoms with E-state index in [1.165, 1.54) is 0 Å². The number of nitrogens with one attached hydrogen (secondary N) is 1. The molecule has 1 N–H and O–H groups in total. The molecule has 3 aromatic rings. The van der Waals surface area contributed by atoms with E-state index in [1.807, 2.05) is 35.9 Å². The predicted octanol–water partition coefficient (Wildman–Crippen LogP) is 2.98. The van der Waals surface area contributed by atoms with Crippen LogP contribution < -0.4 is 5.32 Å². The van der Waals surface area contributed by atoms with Gasteiger partial charge in [0.2, 0.25) is 0 Å². The Morgan fingerprint density at radius 1 is 1.25 bits per heavy atom. The van der Waals surface area contributed by atoms with Gasteiger partial charge in [0.05, 0.1) is 18.0 Å². The molecule has 0 radical (unpaired) electrons. The van der Waals surface area contributed by atoms with E-state index in [4.69, 9.17) is 0 Å². The van der Waals surface area contributed by atoms with E-state index in [1.54, 1.807) is 31.5 Å². The third kappa shape index (κ3) is 2.95. The topological polar surface area (TPSA) is 63.1 Å². The van der Waals surface area contributed by atoms with Gasteiger partial charge < -0.3 is 14.8 Å². The number of fused-ring (bicyclic) bond motifs is 1. The van der Waals surface area contributed by atoms with Gasteiger partial charge in [-0.2, -0.15) is 0 Å². The summed E-state index contributed by atoms with van der Waals surface area (Å²) in [5.41, 5.74) is 4.55. The normalized spacial score (nSPS) is 10.8. The number of carbonyl (C=O) groups excluding carboxylic acids is 1. The maximum atomic E-state index is 12.2. The molecule has 0 atom stereocenters. The number of aryl methyl sites for hydroxylation is 2. The molecule has 0 bridgehead atoms. The summed E-state index contributed by atoms with van der Waals surface area (Å²) in [4.78, 5) is 22.5. The van der Waals surface area contributed by atoms with Crippen molar-refractivity contribution < 1.29 is 4.79 Å². The van der Waals surface area contributed by atoms with Crippen molar-refractivity contribution in [2.75, 3.05) is 19.4 Å². The number of hydrogen-bond acceptors (Lipinski definition) is 4. The van der Waals surface area contributed by atoms with Crippen molar-refractivity contribution in [3.8, 4) is 0 Å². The first-order valence-corrected chi connectivity index (χ1v) is 7.88. The fourth-order valence-corrected chi connectivity index (χ4v) is 2.63. The van der Waals surface area contributed by atoms with Crippen molar-refractivity contribution in [2.45, 2.75) is 13.3 Å². The van der Waals surface area contributed by atoms with Crippen LogP contribution in [0.2, 0.25) is 0 Å². The van der Waals surface area contributed by atoms with Crippen LogP contribution in [-0.4, -0.2) is 39.4 Å². The Labute approximate surface area is 141 Å². The third-order valence-corrected chi connectivity index (χ3v) is 4.02. The summed E-state index contributed by atoms with van der Waals surface area (Å²) in [6, 6.07) is 7.70. The predicted molar refractivity (Wildman–Crippen MR) is 95.6 cm³/mol. The Morgan fingerprint density at radius 3 is 2.75 bits per heavy atom. The number of rotatable bonds is 4. The van der Waals surface area contributed by atoms with Gasteiger partial charge in [0.25, 0.3) is 5.91 Å². The number of carbonyl (C=O) groups is 1. The number of benzene rings is 1. The summed E-state index contributed by atoms with van der Waals surface area (Å²) in [6.45, 7) is 2.09. The van der Waals surface area contributed by atoms with Crippen LogP contribution in [-0.2, 0) is 13.5 Å². The Bertz CT molecular complexity index is 898. The fraction of sp³-hybridized carbons (Fsp3) is 0.278. The van der Waals surface area contributed by atoms with Gasteiger partial charge in [-0.1, -0.05) is 13.0 Å². The van der Waals surface area contributed by atoms with Crippen LogP contribution in [0.25, 0.3) is 11.0 Å². The molecule has 0 aliphatic heterocycles. The van der Waals surface area contributed by atoms with E-state index in [9.17, 15) is 4.79 Å². The zero-order valence-corrected chi connectivity index (χ0v) is 14.4. The quantitative estimate of drug-likeness (QED) is 0.802. The van der Waals surface area contributed by atoms with Gasteiger partial charge in [-0.3, -0.25) is 4.79 Å². The Kier molecular flexibility index (Phi) is 4.20. The van der Waals surface area contributed by atoms with Gasteiger partial charge >= 0.3 is 0 Å². The molecule has 0 spiro atoms. The molecule has 0 unspecified atom stereocenters. The molecule has 0 aliphatic rings. The SMILES string of the molecule is CCc1ccc(C(=O)N(C)C)cc1Nc1cc2c(cn1)ncn2C. The highest BCUT2D eigenvalue weighted by molar-refractivity contribution is 5.95. The highest BCUT2D eigenvalue weighted by Crippen LogP contribution is 2.24. The molecule has 1 amide bonds. The van der Waals surface area contributed by atoms with Gasteiger partial charge in [-0.25, -0.2) is 9.97 Å². The largest absolute Gasteiger partial charge is 0.345 e. The van der Waals surface area contributed by atoms with Crippen LogP contribution in [0.3, 0.4) is 0 Å². The van der Waals surface area contributed by atoms with Crippen molar-refractivity contribution in [1.82, 2.24) is 19.4 Å². The average molecular weight is 323 g/mol. The molecule has 2 heterocycles. The minimum Gasteiger partial charge on any atom is -0.345 e. The molecule has 0 fully saturated rings. The second kappa shape index (κ2) is 6.31. The average Bonchev–Trinajstić information content (AvgIpc) is 2.95. The molecule has 6 heteroatoms. The molecule has 24 heavy (non-hydrogen) atoms. The standard InChI is InChI=1S/C18H21N5O/c1-5-12-6-7-13(18(24)22(2)3)8-14(12)21-17-9-16-15(10-19-17)20-11-23(16)4/h6-11H,5H2,1-4H3,(H,19,21). The Balaban J connectivity index is 1.98. The smallest absolute Gasteiger partial charge is 0.253 e. The molecule has 6 nitrogen and oxygen atoms in total. The lowest BCUT2D eigenvalue weighted by atomic mass is 10.1. The van der Waals surface area contributed by atoms with E-state index in [-0.39, 0.29) is 5.91 Å². The summed E-state index contributed by atoms with van der Waals surface area (Å²) in [7, 11) is 5.45. The highest BCUT2D eigenvalue weighted by atomic mass is 16.2. The first-order valence-electron chi connectivity index (χ1n) is 7.88. The van der Waals surface area contributed by atoms with Gasteiger partial charge in [0.1, 0.15) is 11.3 Å². The van der Waals surface area contributed by atoms with Gasteiger partial charge in [-0.05, 0) is 24.1 Å². The van der Waals surface area contributed by atoms with Crippen LogP contribution >= 0.6 is 0 Å². The van der Waals surface area contributed by atoms with E-state index in [2.05, 4.69) is 22.2 Å². The zero-order chi connectivity index (χ0) is 17.3. The van der Waals surface area contributed by atoms with Gasteiger partial charge in [0.15, 0.2) is 0 Å². The van der Waals surface area contributed by atoms with Crippen LogP contribution in [0.1, 0.15) is 22.8 Å². The second-order valence-corrected chi connectivity index (χ2v) is 5.96. The first kappa shape index (κ1) is 16.0. The summed E-state index contributed by atoms with van der Waals surface area (Å²) < 4.78 is 1.95. The lowest BCUT2D eigenvalue weighted by molar-refractivity contribution is 0.0827. The lowest BCUT2D eigenvalue weighted by Crippen LogP contribution is -2.21. The first-order chi connectivity index (χ1) is 11.5. The third-order valence-electron chi connectivity index (χ3n) is 4.02. The van der Waals surface area contributed by atoms with Crippen LogP contribution in [0.15, 0.2) is 36.8 Å². The van der Waals surface area contributed by atoms with Crippen LogP contribution in [0.5, 0.6) is 0 Å². The van der Waals surface area contributed by atoms with E-state index in [0.717, 1.165) is 34.5 Å². The molecule has 0 saturated carbocycles. The number of hydrogen-bond donors (Lipinski definition) is 1. The number of pyridine rings is 1. The summed E-state index contributed by atoms with van der Waals surface area (Å²) >= 11 is 0. The van der Waals surface area contributed by atoms with E-state index in [0.29, 0.717) is 5.56 Å². The molecule has 3 rings (SSSR count). The van der Waals surface area contributed by atoms with Crippen molar-refractivity contribution in [1.29, 1.82) is 0 Å². The monoisotopic (exact) mass is 323 g/mol. The lowest BCUT2D eigenvalue weighted by Gasteiger charge is -2.15. The molecule has 0 saturated heterocycles. The number of imidazole rings is 1. The highest BCUT2D eigenvalue weighted by Gasteiger charge is 2.12. The molecule has 124 valence electrons. The number of anilines is 2. The molecule has 0 aliphatic carbocycles. The maximum absolute atomic E-state index is 12.2.